The van der Waals surface area contributed by atoms with Gasteiger partial charge in [-0.3, -0.25) is 4.79 Å². The van der Waals surface area contributed by atoms with Crippen molar-refractivity contribution in [3.05, 3.63) is 11.9 Å². The second-order valence-corrected chi connectivity index (χ2v) is 2.02. The van der Waals surface area contributed by atoms with E-state index in [1.54, 1.807) is 7.05 Å². The largest absolute Gasteiger partial charge is 0.292 e. The van der Waals surface area contributed by atoms with Gasteiger partial charge in [-0.25, -0.2) is 4.68 Å². The first-order valence-electron chi connectivity index (χ1n) is 3.13. The molecule has 1 aromatic rings. The van der Waals surface area contributed by atoms with Crippen LogP contribution in [0.25, 0.3) is 0 Å². The molecule has 0 aliphatic rings. The Morgan fingerprint density at radius 2 is 2.50 bits per heavy atom. The van der Waals surface area contributed by atoms with Crippen molar-refractivity contribution < 1.29 is 4.79 Å². The molecular weight excluding hydrogens is 130 g/mol. The summed E-state index contributed by atoms with van der Waals surface area (Å²) in [5.41, 5.74) is 0.572. The van der Waals surface area contributed by atoms with Crippen LogP contribution in [0.2, 0.25) is 0 Å². The number of carbonyl (C=O) groups excluding carboxylic acids is 1. The van der Waals surface area contributed by atoms with Crippen LogP contribution in [0, 0.1) is 0 Å². The zero-order valence-electron chi connectivity index (χ0n) is 6.03. The average Bonchev–Trinajstić information content (AvgIpc) is 2.34. The lowest BCUT2D eigenvalue weighted by atomic mass is 10.2. The Balaban J connectivity index is 2.93. The van der Waals surface area contributed by atoms with Crippen LogP contribution in [-0.4, -0.2) is 20.8 Å². The van der Waals surface area contributed by atoms with Gasteiger partial charge in [0.15, 0.2) is 5.78 Å². The first kappa shape index (κ1) is 6.92. The van der Waals surface area contributed by atoms with E-state index < -0.39 is 0 Å². The van der Waals surface area contributed by atoms with Crippen LogP contribution < -0.4 is 0 Å². The molecule has 0 fully saturated rings. The van der Waals surface area contributed by atoms with Gasteiger partial charge in [0, 0.05) is 13.5 Å². The molecule has 0 saturated carbocycles. The molecule has 0 saturated heterocycles. The molecule has 4 nitrogen and oxygen atoms in total. The van der Waals surface area contributed by atoms with E-state index in [0.717, 1.165) is 0 Å². The maximum Gasteiger partial charge on any atom is 0.182 e. The third-order valence-corrected chi connectivity index (χ3v) is 1.32. The van der Waals surface area contributed by atoms with E-state index in [9.17, 15) is 4.79 Å². The van der Waals surface area contributed by atoms with Crippen LogP contribution in [0.5, 0.6) is 0 Å². The quantitative estimate of drug-likeness (QED) is 0.557. The number of hydrogen-bond acceptors (Lipinski definition) is 3. The van der Waals surface area contributed by atoms with Crippen molar-refractivity contribution in [2.24, 2.45) is 7.05 Å². The van der Waals surface area contributed by atoms with Crippen LogP contribution in [0.1, 0.15) is 23.8 Å². The number of Topliss-reactive ketones (excluding diaryl/α,β-unsaturated/α-hetero) is 1. The minimum atomic E-state index is 0.0764. The molecule has 0 radical (unpaired) electrons. The molecule has 0 spiro atoms. The molecule has 1 heterocycles. The highest BCUT2D eigenvalue weighted by Gasteiger charge is 2.06. The third kappa shape index (κ3) is 1.05. The first-order valence-corrected chi connectivity index (χ1v) is 3.13. The summed E-state index contributed by atoms with van der Waals surface area (Å²) in [6.07, 6.45) is 1.98. The highest BCUT2D eigenvalue weighted by Crippen LogP contribution is 1.97. The average molecular weight is 139 g/mol. The lowest BCUT2D eigenvalue weighted by Crippen LogP contribution is -2.04. The van der Waals surface area contributed by atoms with Gasteiger partial charge in [0.05, 0.1) is 6.20 Å². The number of nitrogens with zero attached hydrogens (tertiary/aromatic N) is 3. The molecule has 0 aliphatic carbocycles. The molecule has 1 rings (SSSR count). The number of ketones is 1. The molecule has 0 aromatic carbocycles. The highest BCUT2D eigenvalue weighted by molar-refractivity contribution is 5.93. The normalized spacial score (nSPS) is 9.80. The molecule has 0 unspecified atom stereocenters. The molecule has 0 bridgehead atoms. The van der Waals surface area contributed by atoms with Gasteiger partial charge < -0.3 is 0 Å². The second-order valence-electron chi connectivity index (χ2n) is 2.02. The summed E-state index contributed by atoms with van der Waals surface area (Å²) in [6.45, 7) is 1.81. The molecule has 0 atom stereocenters. The van der Waals surface area contributed by atoms with Gasteiger partial charge in [-0.05, 0) is 0 Å². The number of aryl methyl sites for hydroxylation is 1. The van der Waals surface area contributed by atoms with Crippen LogP contribution >= 0.6 is 0 Å². The lowest BCUT2D eigenvalue weighted by molar-refractivity contribution is 0.0979. The van der Waals surface area contributed by atoms with Gasteiger partial charge in [-0.15, -0.1) is 5.10 Å². The summed E-state index contributed by atoms with van der Waals surface area (Å²) in [5.74, 6) is 0.0764. The van der Waals surface area contributed by atoms with Crippen LogP contribution in [-0.2, 0) is 7.05 Å². The fourth-order valence-corrected chi connectivity index (χ4v) is 0.723. The number of hydrogen-bond donors (Lipinski definition) is 0. The minimum Gasteiger partial charge on any atom is -0.292 e. The molecular formula is C6H9N3O. The first-order chi connectivity index (χ1) is 4.75. The van der Waals surface area contributed by atoms with E-state index in [4.69, 9.17) is 0 Å². The van der Waals surface area contributed by atoms with Crippen molar-refractivity contribution in [1.82, 2.24) is 15.0 Å². The minimum absolute atomic E-state index is 0.0764. The Bertz CT molecular complexity index is 241. The fraction of sp³-hybridized carbons (Fsp3) is 0.500. The summed E-state index contributed by atoms with van der Waals surface area (Å²) >= 11 is 0. The molecule has 4 heteroatoms. The summed E-state index contributed by atoms with van der Waals surface area (Å²) in [5, 5.41) is 7.21. The van der Waals surface area contributed by atoms with E-state index in [0.29, 0.717) is 12.1 Å². The van der Waals surface area contributed by atoms with Gasteiger partial charge in [0.25, 0.3) is 0 Å². The Morgan fingerprint density at radius 1 is 1.80 bits per heavy atom. The van der Waals surface area contributed by atoms with Gasteiger partial charge in [-0.2, -0.15) is 0 Å². The van der Waals surface area contributed by atoms with Crippen LogP contribution in [0.3, 0.4) is 0 Å². The topological polar surface area (TPSA) is 47.8 Å². The van der Waals surface area contributed by atoms with E-state index in [1.807, 2.05) is 6.92 Å². The Morgan fingerprint density at radius 3 is 2.90 bits per heavy atom. The lowest BCUT2D eigenvalue weighted by Gasteiger charge is -1.93. The molecule has 1 aromatic heterocycles. The predicted octanol–water partition coefficient (Wildman–Crippen LogP) is 0.408. The Hall–Kier alpha value is -1.19. The Kier molecular flexibility index (Phi) is 1.80. The van der Waals surface area contributed by atoms with Crippen molar-refractivity contribution in [3.8, 4) is 0 Å². The van der Waals surface area contributed by atoms with Gasteiger partial charge in [-0.1, -0.05) is 12.1 Å². The molecule has 0 N–H and O–H groups in total. The summed E-state index contributed by atoms with van der Waals surface area (Å²) < 4.78 is 1.48. The maximum absolute atomic E-state index is 11.0. The van der Waals surface area contributed by atoms with E-state index in [2.05, 4.69) is 10.3 Å². The molecule has 0 aliphatic heterocycles. The van der Waals surface area contributed by atoms with Crippen molar-refractivity contribution >= 4 is 5.78 Å². The number of carbonyl (C=O) groups is 1. The zero-order valence-corrected chi connectivity index (χ0v) is 6.03. The second kappa shape index (κ2) is 2.60. The monoisotopic (exact) mass is 139 g/mol. The van der Waals surface area contributed by atoms with Crippen molar-refractivity contribution in [1.29, 1.82) is 0 Å². The predicted molar refractivity (Wildman–Crippen MR) is 35.6 cm³/mol. The standard InChI is InChI=1S/C6H9N3O/c1-3-6(10)5-4-7-8-9(5)2/h4H,3H2,1-2H3. The maximum atomic E-state index is 11.0. The molecule has 10 heavy (non-hydrogen) atoms. The van der Waals surface area contributed by atoms with Gasteiger partial charge >= 0.3 is 0 Å². The summed E-state index contributed by atoms with van der Waals surface area (Å²) in [4.78, 5) is 11.0. The van der Waals surface area contributed by atoms with Gasteiger partial charge in [0.2, 0.25) is 0 Å². The summed E-state index contributed by atoms with van der Waals surface area (Å²) in [7, 11) is 1.70. The van der Waals surface area contributed by atoms with Crippen LogP contribution in [0.15, 0.2) is 6.20 Å². The molecule has 0 amide bonds. The fourth-order valence-electron chi connectivity index (χ4n) is 0.723. The third-order valence-electron chi connectivity index (χ3n) is 1.32. The van der Waals surface area contributed by atoms with E-state index in [1.165, 1.54) is 10.9 Å². The zero-order chi connectivity index (χ0) is 7.56. The van der Waals surface area contributed by atoms with Crippen LogP contribution in [0.4, 0.5) is 0 Å². The van der Waals surface area contributed by atoms with Crippen molar-refractivity contribution in [2.75, 3.05) is 0 Å². The number of rotatable bonds is 2. The van der Waals surface area contributed by atoms with Gasteiger partial charge in [0.1, 0.15) is 5.69 Å². The van der Waals surface area contributed by atoms with E-state index >= 15 is 0 Å². The smallest absolute Gasteiger partial charge is 0.182 e. The van der Waals surface area contributed by atoms with E-state index in [-0.39, 0.29) is 5.78 Å². The summed E-state index contributed by atoms with van der Waals surface area (Å²) in [6, 6.07) is 0. The number of aromatic nitrogens is 3. The van der Waals surface area contributed by atoms with Crippen molar-refractivity contribution in [3.63, 3.8) is 0 Å². The van der Waals surface area contributed by atoms with Crippen molar-refractivity contribution in [2.45, 2.75) is 13.3 Å². The highest BCUT2D eigenvalue weighted by atomic mass is 16.1. The molecule has 54 valence electrons. The Labute approximate surface area is 58.8 Å². The SMILES string of the molecule is CCC(=O)c1cnnn1C.